The van der Waals surface area contributed by atoms with Gasteiger partial charge in [0.1, 0.15) is 25.0 Å². The van der Waals surface area contributed by atoms with E-state index in [1.807, 2.05) is 0 Å². The van der Waals surface area contributed by atoms with Crippen molar-refractivity contribution in [2.24, 2.45) is 0 Å². The van der Waals surface area contributed by atoms with Gasteiger partial charge in [-0.05, 0) is 31.3 Å². The number of benzene rings is 1. The summed E-state index contributed by atoms with van der Waals surface area (Å²) in [7, 11) is 1.54. The molecule has 0 saturated carbocycles. The first-order valence-electron chi connectivity index (χ1n) is 7.23. The molecular formula is C15H20ClF3N2O5. The third-order valence-electron chi connectivity index (χ3n) is 3.00. The summed E-state index contributed by atoms with van der Waals surface area (Å²) in [4.78, 5) is 23.2. The summed E-state index contributed by atoms with van der Waals surface area (Å²) in [6.45, 7) is -0.732. The SMILES string of the molecule is CN(CC(=O)NCC(=O)O)CC(O)COc1ccc(C(F)(F)F)cc1.Cl. The van der Waals surface area contributed by atoms with Crippen LogP contribution >= 0.6 is 12.4 Å². The molecule has 0 radical (unpaired) electrons. The summed E-state index contributed by atoms with van der Waals surface area (Å²) in [5, 5.41) is 20.4. The van der Waals surface area contributed by atoms with Gasteiger partial charge in [-0.3, -0.25) is 14.5 Å². The number of nitrogens with one attached hydrogen (secondary N) is 1. The van der Waals surface area contributed by atoms with Crippen LogP contribution in [0, 0.1) is 0 Å². The molecule has 3 N–H and O–H groups in total. The number of carboxylic acid groups (broad SMARTS) is 1. The van der Waals surface area contributed by atoms with Gasteiger partial charge in [0.05, 0.1) is 12.1 Å². The van der Waals surface area contributed by atoms with E-state index in [1.54, 1.807) is 7.05 Å². The lowest BCUT2D eigenvalue weighted by Crippen LogP contribution is -2.41. The standard InChI is InChI=1S/C15H19F3N2O5.ClH/c1-20(8-13(22)19-6-14(23)24)7-11(21)9-25-12-4-2-10(3-5-12)15(16,17)18;/h2-5,11,21H,6-9H2,1H3,(H,19,22)(H,23,24);1H. The molecule has 7 nitrogen and oxygen atoms in total. The molecule has 1 amide bonds. The van der Waals surface area contributed by atoms with Gasteiger partial charge in [-0.25, -0.2) is 0 Å². The Bertz CT molecular complexity index is 584. The number of carbonyl (C=O) groups excluding carboxylic acids is 1. The van der Waals surface area contributed by atoms with E-state index >= 15 is 0 Å². The average Bonchev–Trinajstić information content (AvgIpc) is 2.50. The van der Waals surface area contributed by atoms with Crippen LogP contribution in [0.2, 0.25) is 0 Å². The molecule has 0 bridgehead atoms. The van der Waals surface area contributed by atoms with E-state index in [2.05, 4.69) is 5.32 Å². The number of halogens is 4. The fraction of sp³-hybridized carbons (Fsp3) is 0.467. The minimum atomic E-state index is -4.43. The minimum Gasteiger partial charge on any atom is -0.491 e. The summed E-state index contributed by atoms with van der Waals surface area (Å²) in [5.74, 6) is -1.50. The molecule has 0 aromatic heterocycles. The number of rotatable bonds is 9. The van der Waals surface area contributed by atoms with E-state index in [1.165, 1.54) is 4.90 Å². The fourth-order valence-electron chi connectivity index (χ4n) is 1.88. The summed E-state index contributed by atoms with van der Waals surface area (Å²) in [6, 6.07) is 4.05. The van der Waals surface area contributed by atoms with Crippen LogP contribution in [0.1, 0.15) is 5.56 Å². The van der Waals surface area contributed by atoms with Crippen molar-refractivity contribution in [3.63, 3.8) is 0 Å². The summed E-state index contributed by atoms with van der Waals surface area (Å²) in [6.07, 6.45) is -5.42. The normalized spacial score (nSPS) is 12.2. The maximum absolute atomic E-state index is 12.4. The molecule has 1 aromatic carbocycles. The fourth-order valence-corrected chi connectivity index (χ4v) is 1.88. The van der Waals surface area contributed by atoms with Crippen molar-refractivity contribution in [3.8, 4) is 5.75 Å². The Morgan fingerprint density at radius 2 is 1.85 bits per heavy atom. The largest absolute Gasteiger partial charge is 0.491 e. The predicted octanol–water partition coefficient (Wildman–Crippen LogP) is 1.000. The first-order valence-corrected chi connectivity index (χ1v) is 7.23. The zero-order chi connectivity index (χ0) is 19.0. The van der Waals surface area contributed by atoms with Crippen molar-refractivity contribution in [2.75, 3.05) is 33.3 Å². The van der Waals surface area contributed by atoms with Crippen molar-refractivity contribution < 1.29 is 37.7 Å². The highest BCUT2D eigenvalue weighted by molar-refractivity contribution is 5.85. The van der Waals surface area contributed by atoms with Gasteiger partial charge < -0.3 is 20.3 Å². The molecular weight excluding hydrogens is 381 g/mol. The van der Waals surface area contributed by atoms with Crippen molar-refractivity contribution in [2.45, 2.75) is 12.3 Å². The molecule has 0 fully saturated rings. The van der Waals surface area contributed by atoms with E-state index in [4.69, 9.17) is 9.84 Å². The quantitative estimate of drug-likeness (QED) is 0.572. The number of nitrogens with zero attached hydrogens (tertiary/aromatic N) is 1. The van der Waals surface area contributed by atoms with Crippen LogP contribution in [0.5, 0.6) is 5.75 Å². The number of alkyl halides is 3. The van der Waals surface area contributed by atoms with Gasteiger partial charge in [-0.2, -0.15) is 13.2 Å². The Hall–Kier alpha value is -2.04. The Labute approximate surface area is 154 Å². The third-order valence-corrected chi connectivity index (χ3v) is 3.00. The molecule has 1 rings (SSSR count). The van der Waals surface area contributed by atoms with Gasteiger partial charge >= 0.3 is 12.1 Å². The van der Waals surface area contributed by atoms with Crippen LogP contribution in [0.4, 0.5) is 13.2 Å². The first-order chi connectivity index (χ1) is 11.6. The van der Waals surface area contributed by atoms with Gasteiger partial charge in [0, 0.05) is 6.54 Å². The molecule has 148 valence electrons. The summed E-state index contributed by atoms with van der Waals surface area (Å²) >= 11 is 0. The molecule has 1 aromatic rings. The first kappa shape index (κ1) is 24.0. The molecule has 1 atom stereocenters. The highest BCUT2D eigenvalue weighted by Gasteiger charge is 2.30. The van der Waals surface area contributed by atoms with E-state index < -0.39 is 36.3 Å². The van der Waals surface area contributed by atoms with Crippen LogP contribution in [0.15, 0.2) is 24.3 Å². The Balaban J connectivity index is 0.00000625. The molecule has 1 unspecified atom stereocenters. The lowest BCUT2D eigenvalue weighted by Gasteiger charge is -2.20. The smallest absolute Gasteiger partial charge is 0.416 e. The van der Waals surface area contributed by atoms with Crippen LogP contribution in [0.25, 0.3) is 0 Å². The topological polar surface area (TPSA) is 99.1 Å². The third kappa shape index (κ3) is 9.44. The van der Waals surface area contributed by atoms with Crippen molar-refractivity contribution in [1.29, 1.82) is 0 Å². The van der Waals surface area contributed by atoms with Crippen LogP contribution < -0.4 is 10.1 Å². The molecule has 11 heteroatoms. The second kappa shape index (κ2) is 10.8. The number of aliphatic hydroxyl groups excluding tert-OH is 1. The van der Waals surface area contributed by atoms with Crippen molar-refractivity contribution >= 4 is 24.3 Å². The van der Waals surface area contributed by atoms with E-state index in [0.717, 1.165) is 24.3 Å². The number of amides is 1. The Morgan fingerprint density at radius 3 is 2.35 bits per heavy atom. The number of likely N-dealkylation sites (N-methyl/N-ethyl adjacent to an activating group) is 1. The summed E-state index contributed by atoms with van der Waals surface area (Å²) < 4.78 is 42.5. The van der Waals surface area contributed by atoms with Gasteiger partial charge in [0.15, 0.2) is 0 Å². The number of aliphatic carboxylic acids is 1. The number of aliphatic hydroxyl groups is 1. The van der Waals surface area contributed by atoms with Crippen LogP contribution in [0.3, 0.4) is 0 Å². The number of hydrogen-bond donors (Lipinski definition) is 3. The van der Waals surface area contributed by atoms with Gasteiger partial charge in [0.25, 0.3) is 0 Å². The number of hydrogen-bond acceptors (Lipinski definition) is 5. The minimum absolute atomic E-state index is 0. The van der Waals surface area contributed by atoms with E-state index in [9.17, 15) is 27.9 Å². The van der Waals surface area contributed by atoms with Gasteiger partial charge in [0.2, 0.25) is 5.91 Å². The molecule has 0 aliphatic rings. The second-order valence-corrected chi connectivity index (χ2v) is 5.35. The Kier molecular flexibility index (Phi) is 9.99. The summed E-state index contributed by atoms with van der Waals surface area (Å²) in [5.41, 5.74) is -0.799. The maximum Gasteiger partial charge on any atom is 0.416 e. The van der Waals surface area contributed by atoms with Crippen LogP contribution in [-0.2, 0) is 15.8 Å². The average molecular weight is 401 g/mol. The highest BCUT2D eigenvalue weighted by Crippen LogP contribution is 2.30. The molecule has 0 aliphatic carbocycles. The number of carboxylic acids is 1. The van der Waals surface area contributed by atoms with Gasteiger partial charge in [-0.1, -0.05) is 0 Å². The number of carbonyl (C=O) groups is 2. The maximum atomic E-state index is 12.4. The van der Waals surface area contributed by atoms with Crippen LogP contribution in [-0.4, -0.2) is 66.4 Å². The zero-order valence-electron chi connectivity index (χ0n) is 13.8. The molecule has 0 spiro atoms. The van der Waals surface area contributed by atoms with Crippen molar-refractivity contribution in [1.82, 2.24) is 10.2 Å². The molecule has 26 heavy (non-hydrogen) atoms. The van der Waals surface area contributed by atoms with E-state index in [-0.39, 0.29) is 37.9 Å². The second-order valence-electron chi connectivity index (χ2n) is 5.35. The van der Waals surface area contributed by atoms with Gasteiger partial charge in [-0.15, -0.1) is 12.4 Å². The molecule has 0 heterocycles. The van der Waals surface area contributed by atoms with E-state index in [0.29, 0.717) is 0 Å². The lowest BCUT2D eigenvalue weighted by molar-refractivity contribution is -0.138. The van der Waals surface area contributed by atoms with Crippen molar-refractivity contribution in [3.05, 3.63) is 29.8 Å². The molecule has 0 saturated heterocycles. The number of ether oxygens (including phenoxy) is 1. The lowest BCUT2D eigenvalue weighted by atomic mass is 10.2. The highest BCUT2D eigenvalue weighted by atomic mass is 35.5. The predicted molar refractivity (Wildman–Crippen MR) is 88.3 cm³/mol. The molecule has 0 aliphatic heterocycles. The Morgan fingerprint density at radius 1 is 1.27 bits per heavy atom. The monoisotopic (exact) mass is 400 g/mol. The zero-order valence-corrected chi connectivity index (χ0v) is 14.6.